The van der Waals surface area contributed by atoms with Crippen LogP contribution in [-0.4, -0.2) is 28.1 Å². The van der Waals surface area contributed by atoms with Crippen molar-refractivity contribution in [2.75, 3.05) is 11.9 Å². The summed E-state index contributed by atoms with van der Waals surface area (Å²) in [7, 11) is 0. The van der Waals surface area contributed by atoms with Crippen molar-refractivity contribution in [2.24, 2.45) is 0 Å². The lowest BCUT2D eigenvalue weighted by atomic mass is 10.0. The highest BCUT2D eigenvalue weighted by atomic mass is 32.1. The van der Waals surface area contributed by atoms with Crippen LogP contribution >= 0.6 is 11.3 Å². The van der Waals surface area contributed by atoms with Gasteiger partial charge in [-0.15, -0.1) is 11.3 Å². The first-order chi connectivity index (χ1) is 13.4. The van der Waals surface area contributed by atoms with E-state index in [0.29, 0.717) is 0 Å². The van der Waals surface area contributed by atoms with Gasteiger partial charge in [-0.25, -0.2) is 4.79 Å². The Hall–Kier alpha value is -2.44. The summed E-state index contributed by atoms with van der Waals surface area (Å²) in [6.45, 7) is 8.50. The molecule has 1 aliphatic rings. The van der Waals surface area contributed by atoms with Gasteiger partial charge in [-0.3, -0.25) is 15.2 Å². The smallest absolute Gasteiger partial charge is 0.412 e. The SMILES string of the molecule is CC(C)(C)OC(=O)Nc1ccc2sc3c(c2c1)CCN(Cc1cccnc1)C3. The Labute approximate surface area is 169 Å². The van der Waals surface area contributed by atoms with Crippen LogP contribution in [-0.2, 0) is 24.2 Å². The molecule has 1 aromatic carbocycles. The van der Waals surface area contributed by atoms with Crippen LogP contribution in [0.4, 0.5) is 10.5 Å². The molecule has 0 atom stereocenters. The summed E-state index contributed by atoms with van der Waals surface area (Å²) in [6.07, 6.45) is 4.35. The van der Waals surface area contributed by atoms with Crippen molar-refractivity contribution in [3.05, 3.63) is 58.7 Å². The Morgan fingerprint density at radius 2 is 2.18 bits per heavy atom. The maximum absolute atomic E-state index is 12.1. The Balaban J connectivity index is 1.51. The molecule has 6 heteroatoms. The minimum Gasteiger partial charge on any atom is -0.444 e. The van der Waals surface area contributed by atoms with E-state index in [9.17, 15) is 4.79 Å². The number of benzene rings is 1. The Kier molecular flexibility index (Phi) is 5.08. The fourth-order valence-corrected chi connectivity index (χ4v) is 4.81. The van der Waals surface area contributed by atoms with Crippen molar-refractivity contribution in [2.45, 2.75) is 45.9 Å². The molecule has 0 saturated heterocycles. The summed E-state index contributed by atoms with van der Waals surface area (Å²) < 4.78 is 6.63. The average Bonchev–Trinajstić information content (AvgIpc) is 2.98. The van der Waals surface area contributed by atoms with Gasteiger partial charge >= 0.3 is 6.09 Å². The summed E-state index contributed by atoms with van der Waals surface area (Å²) in [5, 5.41) is 4.10. The third kappa shape index (κ3) is 4.34. The van der Waals surface area contributed by atoms with E-state index >= 15 is 0 Å². The number of nitrogens with one attached hydrogen (secondary N) is 1. The van der Waals surface area contributed by atoms with Gasteiger partial charge in [0.1, 0.15) is 5.60 Å². The first-order valence-electron chi connectivity index (χ1n) is 9.53. The topological polar surface area (TPSA) is 54.5 Å². The number of fused-ring (bicyclic) bond motifs is 3. The van der Waals surface area contributed by atoms with Gasteiger partial charge in [0, 0.05) is 47.3 Å². The van der Waals surface area contributed by atoms with Gasteiger partial charge in [-0.2, -0.15) is 0 Å². The van der Waals surface area contributed by atoms with Gasteiger partial charge < -0.3 is 4.74 Å². The maximum Gasteiger partial charge on any atom is 0.412 e. The lowest BCUT2D eigenvalue weighted by Gasteiger charge is -2.26. The number of aromatic nitrogens is 1. The molecule has 0 saturated carbocycles. The number of ether oxygens (including phenoxy) is 1. The first kappa shape index (κ1) is 18.9. The van der Waals surface area contributed by atoms with E-state index in [-0.39, 0.29) is 0 Å². The van der Waals surface area contributed by atoms with Crippen LogP contribution in [0.3, 0.4) is 0 Å². The van der Waals surface area contributed by atoms with Crippen LogP contribution in [0, 0.1) is 0 Å². The molecule has 2 aromatic heterocycles. The highest BCUT2D eigenvalue weighted by Crippen LogP contribution is 2.37. The van der Waals surface area contributed by atoms with Crippen molar-refractivity contribution >= 4 is 33.2 Å². The van der Waals surface area contributed by atoms with E-state index in [2.05, 4.69) is 33.4 Å². The molecule has 0 radical (unpaired) electrons. The van der Waals surface area contributed by atoms with Gasteiger partial charge in [0.15, 0.2) is 0 Å². The lowest BCUT2D eigenvalue weighted by molar-refractivity contribution is 0.0636. The summed E-state index contributed by atoms with van der Waals surface area (Å²) in [6, 6.07) is 10.2. The fourth-order valence-electron chi connectivity index (χ4n) is 3.54. The zero-order valence-electron chi connectivity index (χ0n) is 16.5. The number of rotatable bonds is 3. The van der Waals surface area contributed by atoms with Gasteiger partial charge in [0.05, 0.1) is 0 Å². The van der Waals surface area contributed by atoms with Gasteiger partial charge in [0.2, 0.25) is 0 Å². The van der Waals surface area contributed by atoms with Crippen LogP contribution in [0.5, 0.6) is 0 Å². The monoisotopic (exact) mass is 395 g/mol. The van der Waals surface area contributed by atoms with Crippen LogP contribution in [0.15, 0.2) is 42.7 Å². The number of hydrogen-bond acceptors (Lipinski definition) is 5. The molecule has 0 spiro atoms. The number of carbonyl (C=O) groups excluding carboxylic acids is 1. The molecule has 0 bridgehead atoms. The Morgan fingerprint density at radius 3 is 2.93 bits per heavy atom. The average molecular weight is 396 g/mol. The first-order valence-corrected chi connectivity index (χ1v) is 10.3. The highest BCUT2D eigenvalue weighted by molar-refractivity contribution is 7.19. The number of thiophene rings is 1. The molecule has 1 aliphatic heterocycles. The predicted octanol–water partition coefficient (Wildman–Crippen LogP) is 5.20. The maximum atomic E-state index is 12.1. The quantitative estimate of drug-likeness (QED) is 0.662. The van der Waals surface area contributed by atoms with Crippen LogP contribution < -0.4 is 5.32 Å². The van der Waals surface area contributed by atoms with Crippen LogP contribution in [0.25, 0.3) is 10.1 Å². The molecule has 3 aromatic rings. The van der Waals surface area contributed by atoms with E-state index < -0.39 is 11.7 Å². The normalized spacial score (nSPS) is 14.7. The second kappa shape index (κ2) is 7.53. The van der Waals surface area contributed by atoms with E-state index in [1.165, 1.54) is 26.1 Å². The van der Waals surface area contributed by atoms with Crippen molar-refractivity contribution in [3.63, 3.8) is 0 Å². The number of carbonyl (C=O) groups is 1. The van der Waals surface area contributed by atoms with Gasteiger partial charge in [-0.05, 0) is 68.0 Å². The Morgan fingerprint density at radius 1 is 1.32 bits per heavy atom. The van der Waals surface area contributed by atoms with Crippen LogP contribution in [0.2, 0.25) is 0 Å². The fraction of sp³-hybridized carbons (Fsp3) is 0.364. The van der Waals surface area contributed by atoms with Crippen molar-refractivity contribution in [1.82, 2.24) is 9.88 Å². The van der Waals surface area contributed by atoms with Crippen molar-refractivity contribution < 1.29 is 9.53 Å². The molecule has 1 amide bonds. The second-order valence-electron chi connectivity index (χ2n) is 8.16. The molecular weight excluding hydrogens is 370 g/mol. The molecule has 4 rings (SSSR count). The van der Waals surface area contributed by atoms with Crippen LogP contribution in [0.1, 0.15) is 36.8 Å². The zero-order valence-corrected chi connectivity index (χ0v) is 17.3. The van der Waals surface area contributed by atoms with Gasteiger partial charge in [-0.1, -0.05) is 6.07 Å². The third-order valence-corrected chi connectivity index (χ3v) is 5.89. The molecule has 1 N–H and O–H groups in total. The molecule has 3 heterocycles. The number of amides is 1. The minimum atomic E-state index is -0.506. The summed E-state index contributed by atoms with van der Waals surface area (Å²) in [5.74, 6) is 0. The largest absolute Gasteiger partial charge is 0.444 e. The van der Waals surface area contributed by atoms with E-state index in [1.807, 2.05) is 56.6 Å². The molecule has 5 nitrogen and oxygen atoms in total. The highest BCUT2D eigenvalue weighted by Gasteiger charge is 2.22. The minimum absolute atomic E-state index is 0.418. The lowest BCUT2D eigenvalue weighted by Crippen LogP contribution is -2.29. The molecule has 28 heavy (non-hydrogen) atoms. The van der Waals surface area contributed by atoms with Gasteiger partial charge in [0.25, 0.3) is 0 Å². The molecule has 0 unspecified atom stereocenters. The second-order valence-corrected chi connectivity index (χ2v) is 9.30. The summed E-state index contributed by atoms with van der Waals surface area (Å²) in [4.78, 5) is 20.2. The molecular formula is C22H25N3O2S. The molecule has 0 aliphatic carbocycles. The number of hydrogen-bond donors (Lipinski definition) is 1. The van der Waals surface area contributed by atoms with E-state index in [0.717, 1.165) is 31.7 Å². The van der Waals surface area contributed by atoms with E-state index in [1.54, 1.807) is 0 Å². The summed E-state index contributed by atoms with van der Waals surface area (Å²) in [5.41, 5.74) is 2.93. The number of anilines is 1. The zero-order chi connectivity index (χ0) is 19.7. The number of pyridine rings is 1. The van der Waals surface area contributed by atoms with Crippen molar-refractivity contribution in [3.8, 4) is 0 Å². The van der Waals surface area contributed by atoms with Crippen molar-refractivity contribution in [1.29, 1.82) is 0 Å². The Bertz CT molecular complexity index is 992. The predicted molar refractivity (Wildman–Crippen MR) is 114 cm³/mol. The van der Waals surface area contributed by atoms with E-state index in [4.69, 9.17) is 4.74 Å². The summed E-state index contributed by atoms with van der Waals surface area (Å²) >= 11 is 1.85. The molecule has 0 fully saturated rings. The standard InChI is InChI=1S/C22H25N3O2S/c1-22(2,3)27-21(26)24-16-6-7-19-18(11-16)17-8-10-25(14-20(17)28-19)13-15-5-4-9-23-12-15/h4-7,9,11-12H,8,10,13-14H2,1-3H3,(H,24,26). The third-order valence-electron chi connectivity index (χ3n) is 4.69. The number of nitrogens with zero attached hydrogens (tertiary/aromatic N) is 2. The molecule has 146 valence electrons.